The first-order chi connectivity index (χ1) is 16.0. The van der Waals surface area contributed by atoms with Gasteiger partial charge in [0.25, 0.3) is 0 Å². The van der Waals surface area contributed by atoms with E-state index in [1.807, 2.05) is 5.32 Å². The van der Waals surface area contributed by atoms with Gasteiger partial charge in [-0.15, -0.1) is 0 Å². The highest BCUT2D eigenvalue weighted by Crippen LogP contribution is 2.11. The van der Waals surface area contributed by atoms with Crippen LogP contribution in [0.5, 0.6) is 5.75 Å². The second-order valence-electron chi connectivity index (χ2n) is 7.60. The van der Waals surface area contributed by atoms with E-state index in [0.29, 0.717) is 24.9 Å². The number of hydrogen-bond donors (Lipinski definition) is 8. The van der Waals surface area contributed by atoms with E-state index < -0.39 is 60.8 Å². The summed E-state index contributed by atoms with van der Waals surface area (Å²) >= 11 is 0. The Hall–Kier alpha value is -3.71. The molecule has 13 nitrogen and oxygen atoms in total. The Labute approximate surface area is 195 Å². The molecule has 34 heavy (non-hydrogen) atoms. The van der Waals surface area contributed by atoms with Crippen LogP contribution in [0.1, 0.15) is 31.2 Å². The molecule has 3 atom stereocenters. The van der Waals surface area contributed by atoms with Crippen molar-refractivity contribution in [2.24, 2.45) is 11.5 Å². The molecule has 13 heteroatoms. The van der Waals surface area contributed by atoms with Crippen molar-refractivity contribution in [3.63, 3.8) is 0 Å². The zero-order valence-electron chi connectivity index (χ0n) is 18.5. The molecule has 0 aliphatic heterocycles. The lowest BCUT2D eigenvalue weighted by molar-refractivity contribution is -0.147. The number of phenolic OH excluding ortho intramolecular Hbond substituents is 1. The molecule has 0 aromatic heterocycles. The Kier molecular flexibility index (Phi) is 12.0. The number of nitrogens with two attached hydrogens (primary N) is 2. The number of benzene rings is 1. The van der Waals surface area contributed by atoms with Crippen LogP contribution in [-0.4, -0.2) is 76.2 Å². The van der Waals surface area contributed by atoms with Crippen molar-refractivity contribution in [2.45, 2.75) is 50.2 Å². The van der Waals surface area contributed by atoms with Crippen LogP contribution >= 0.6 is 0 Å². The lowest BCUT2D eigenvalue weighted by Crippen LogP contribution is -2.54. The molecular weight excluding hydrogens is 450 g/mol. The average Bonchev–Trinajstić information content (AvgIpc) is 2.77. The molecular formula is C21H31N5O8. The number of aliphatic carboxylic acids is 2. The number of aromatic hydroxyl groups is 1. The zero-order chi connectivity index (χ0) is 25.7. The fourth-order valence-corrected chi connectivity index (χ4v) is 2.93. The molecule has 0 heterocycles. The molecule has 3 amide bonds. The summed E-state index contributed by atoms with van der Waals surface area (Å²) in [5.74, 6) is -5.07. The first kappa shape index (κ1) is 28.3. The highest BCUT2D eigenvalue weighted by Gasteiger charge is 2.26. The lowest BCUT2D eigenvalue weighted by atomic mass is 10.0. The highest BCUT2D eigenvalue weighted by atomic mass is 16.4. The summed E-state index contributed by atoms with van der Waals surface area (Å²) in [4.78, 5) is 58.8. The maximum absolute atomic E-state index is 12.6. The summed E-state index contributed by atoms with van der Waals surface area (Å²) in [6, 6.07) is 2.48. The Morgan fingerprint density at radius 2 is 1.56 bits per heavy atom. The standard InChI is InChI=1S/C21H31N5O8/c22-8-2-1-3-15(26-19(31)14(23)9-12-4-6-13(27)7-5-12)20(32)24-11-17(28)25-16(21(33)34)10-18(29)30/h4-7,14-16,27H,1-3,8-11,22-23H2,(H,24,32)(H,25,28)(H,26,31)(H,29,30)(H,33,34). The molecule has 1 aromatic rings. The first-order valence-electron chi connectivity index (χ1n) is 10.6. The van der Waals surface area contributed by atoms with E-state index in [9.17, 15) is 29.1 Å². The van der Waals surface area contributed by atoms with Gasteiger partial charge >= 0.3 is 11.9 Å². The van der Waals surface area contributed by atoms with Crippen molar-refractivity contribution in [1.82, 2.24) is 16.0 Å². The van der Waals surface area contributed by atoms with Crippen molar-refractivity contribution < 1.29 is 39.3 Å². The van der Waals surface area contributed by atoms with Gasteiger partial charge in [0.05, 0.1) is 19.0 Å². The molecule has 1 aromatic carbocycles. The summed E-state index contributed by atoms with van der Waals surface area (Å²) in [5.41, 5.74) is 12.1. The largest absolute Gasteiger partial charge is 0.508 e. The monoisotopic (exact) mass is 481 g/mol. The number of carboxylic acid groups (broad SMARTS) is 2. The van der Waals surface area contributed by atoms with Gasteiger partial charge in [-0.3, -0.25) is 19.2 Å². The summed E-state index contributed by atoms with van der Waals surface area (Å²) in [7, 11) is 0. The number of hydrogen-bond acceptors (Lipinski definition) is 8. The molecule has 0 radical (unpaired) electrons. The first-order valence-corrected chi connectivity index (χ1v) is 10.6. The summed E-state index contributed by atoms with van der Waals surface area (Å²) < 4.78 is 0. The zero-order valence-corrected chi connectivity index (χ0v) is 18.5. The van der Waals surface area contributed by atoms with E-state index in [-0.39, 0.29) is 18.6 Å². The van der Waals surface area contributed by atoms with Crippen molar-refractivity contribution in [3.8, 4) is 5.75 Å². The van der Waals surface area contributed by atoms with Gasteiger partial charge in [-0.1, -0.05) is 12.1 Å². The van der Waals surface area contributed by atoms with Gasteiger partial charge in [0.1, 0.15) is 17.8 Å². The van der Waals surface area contributed by atoms with Gasteiger partial charge in [0.2, 0.25) is 17.7 Å². The van der Waals surface area contributed by atoms with Gasteiger partial charge in [-0.25, -0.2) is 4.79 Å². The predicted octanol–water partition coefficient (Wildman–Crippen LogP) is -1.96. The average molecular weight is 482 g/mol. The lowest BCUT2D eigenvalue weighted by Gasteiger charge is -2.21. The van der Waals surface area contributed by atoms with Crippen LogP contribution < -0.4 is 27.4 Å². The Morgan fingerprint density at radius 3 is 2.12 bits per heavy atom. The quantitative estimate of drug-likeness (QED) is 0.129. The van der Waals surface area contributed by atoms with Crippen LogP contribution in [0.25, 0.3) is 0 Å². The second-order valence-corrected chi connectivity index (χ2v) is 7.60. The third kappa shape index (κ3) is 10.7. The number of carbonyl (C=O) groups is 5. The predicted molar refractivity (Wildman–Crippen MR) is 119 cm³/mol. The van der Waals surface area contributed by atoms with Gasteiger partial charge in [0.15, 0.2) is 0 Å². The van der Waals surface area contributed by atoms with E-state index in [0.717, 1.165) is 0 Å². The van der Waals surface area contributed by atoms with Crippen LogP contribution in [0.2, 0.25) is 0 Å². The third-order valence-electron chi connectivity index (χ3n) is 4.74. The van der Waals surface area contributed by atoms with E-state index in [1.165, 1.54) is 12.1 Å². The topological polar surface area (TPSA) is 234 Å². The van der Waals surface area contributed by atoms with Crippen LogP contribution in [0.4, 0.5) is 0 Å². The van der Waals surface area contributed by atoms with Gasteiger partial charge in [-0.05, 0) is 49.9 Å². The van der Waals surface area contributed by atoms with Crippen LogP contribution in [-0.2, 0) is 30.4 Å². The molecule has 10 N–H and O–H groups in total. The molecule has 0 saturated carbocycles. The second kappa shape index (κ2) is 14.4. The highest BCUT2D eigenvalue weighted by molar-refractivity contribution is 5.93. The number of rotatable bonds is 15. The third-order valence-corrected chi connectivity index (χ3v) is 4.74. The number of carboxylic acids is 2. The fourth-order valence-electron chi connectivity index (χ4n) is 2.93. The minimum atomic E-state index is -1.65. The van der Waals surface area contributed by atoms with Crippen molar-refractivity contribution in [1.29, 1.82) is 0 Å². The number of carbonyl (C=O) groups excluding carboxylic acids is 3. The molecule has 0 aliphatic carbocycles. The Bertz CT molecular complexity index is 861. The minimum absolute atomic E-state index is 0.0695. The van der Waals surface area contributed by atoms with Crippen LogP contribution in [0.3, 0.4) is 0 Å². The smallest absolute Gasteiger partial charge is 0.326 e. The van der Waals surface area contributed by atoms with Crippen molar-refractivity contribution in [2.75, 3.05) is 13.1 Å². The maximum Gasteiger partial charge on any atom is 0.326 e. The van der Waals surface area contributed by atoms with Crippen LogP contribution in [0, 0.1) is 0 Å². The maximum atomic E-state index is 12.6. The molecule has 0 spiro atoms. The molecule has 0 aliphatic rings. The van der Waals surface area contributed by atoms with Crippen molar-refractivity contribution >= 4 is 29.7 Å². The van der Waals surface area contributed by atoms with E-state index in [4.69, 9.17) is 21.7 Å². The number of unbranched alkanes of at least 4 members (excludes halogenated alkanes) is 1. The summed E-state index contributed by atoms with van der Waals surface area (Å²) in [6.07, 6.45) is 0.653. The molecule has 3 unspecified atom stereocenters. The van der Waals surface area contributed by atoms with Gasteiger partial charge in [0, 0.05) is 0 Å². The summed E-state index contributed by atoms with van der Waals surface area (Å²) in [6.45, 7) is -0.240. The van der Waals surface area contributed by atoms with Gasteiger partial charge < -0.3 is 42.7 Å². The number of amides is 3. The van der Waals surface area contributed by atoms with Crippen LogP contribution in [0.15, 0.2) is 24.3 Å². The molecule has 188 valence electrons. The SMILES string of the molecule is NCCCCC(NC(=O)C(N)Cc1ccc(O)cc1)C(=O)NCC(=O)NC(CC(=O)O)C(=O)O. The van der Waals surface area contributed by atoms with E-state index in [1.54, 1.807) is 12.1 Å². The van der Waals surface area contributed by atoms with E-state index >= 15 is 0 Å². The molecule has 0 bridgehead atoms. The molecule has 0 saturated heterocycles. The number of phenols is 1. The number of nitrogens with one attached hydrogen (secondary N) is 3. The van der Waals surface area contributed by atoms with Gasteiger partial charge in [-0.2, -0.15) is 0 Å². The summed E-state index contributed by atoms with van der Waals surface area (Å²) in [5, 5.41) is 33.9. The minimum Gasteiger partial charge on any atom is -0.508 e. The fraction of sp³-hybridized carbons (Fsp3) is 0.476. The normalized spacial score (nSPS) is 13.2. The van der Waals surface area contributed by atoms with Crippen molar-refractivity contribution in [3.05, 3.63) is 29.8 Å². The Balaban J connectivity index is 2.69. The van der Waals surface area contributed by atoms with E-state index in [2.05, 4.69) is 10.6 Å². The molecule has 1 rings (SSSR count). The Morgan fingerprint density at radius 1 is 0.912 bits per heavy atom. The molecule has 0 fully saturated rings.